The zero-order chi connectivity index (χ0) is 15.6. The topological polar surface area (TPSA) is 80.1 Å². The molecule has 1 fully saturated rings. The van der Waals surface area contributed by atoms with Gasteiger partial charge >= 0.3 is 0 Å². The molecule has 1 aliphatic heterocycles. The van der Waals surface area contributed by atoms with Crippen molar-refractivity contribution >= 4 is 16.8 Å². The lowest BCUT2D eigenvalue weighted by molar-refractivity contribution is -0.129. The Labute approximate surface area is 128 Å². The molecule has 0 atom stereocenters. The summed E-state index contributed by atoms with van der Waals surface area (Å²) in [6, 6.07) is 4.66. The van der Waals surface area contributed by atoms with E-state index in [1.807, 2.05) is 6.20 Å². The van der Waals surface area contributed by atoms with Crippen LogP contribution in [0.15, 0.2) is 24.4 Å². The molecule has 3 rings (SSSR count). The Morgan fingerprint density at radius 3 is 2.95 bits per heavy atom. The number of rotatable bonds is 4. The summed E-state index contributed by atoms with van der Waals surface area (Å²) in [6.45, 7) is 1.55. The highest BCUT2D eigenvalue weighted by Gasteiger charge is 2.35. The second-order valence-electron chi connectivity index (χ2n) is 5.78. The maximum Gasteiger partial charge on any atom is 0.240 e. The molecule has 2 aromatic rings. The molecule has 118 valence electrons. The van der Waals surface area contributed by atoms with E-state index in [0.29, 0.717) is 39.0 Å². The Balaban J connectivity index is 1.59. The summed E-state index contributed by atoms with van der Waals surface area (Å²) in [6.07, 6.45) is 3.61. The van der Waals surface area contributed by atoms with Gasteiger partial charge in [-0.3, -0.25) is 4.79 Å². The minimum Gasteiger partial charge on any atom is -0.381 e. The Kier molecular flexibility index (Phi) is 4.13. The van der Waals surface area contributed by atoms with Crippen molar-refractivity contribution in [3.63, 3.8) is 0 Å². The minimum atomic E-state index is -0.818. The fraction of sp³-hybridized carbons (Fsp3) is 0.438. The van der Waals surface area contributed by atoms with Crippen molar-refractivity contribution in [2.24, 2.45) is 5.73 Å². The molecule has 1 aliphatic rings. The fourth-order valence-corrected chi connectivity index (χ4v) is 2.81. The molecular weight excluding hydrogens is 285 g/mol. The van der Waals surface area contributed by atoms with Gasteiger partial charge in [-0.15, -0.1) is 0 Å². The molecule has 0 saturated carbocycles. The molecular formula is C16H20FN3O2. The molecule has 0 unspecified atom stereocenters. The smallest absolute Gasteiger partial charge is 0.240 e. The molecule has 22 heavy (non-hydrogen) atoms. The van der Waals surface area contributed by atoms with Gasteiger partial charge in [0.05, 0.1) is 5.54 Å². The van der Waals surface area contributed by atoms with Gasteiger partial charge in [0.15, 0.2) is 0 Å². The van der Waals surface area contributed by atoms with Gasteiger partial charge in [-0.2, -0.15) is 0 Å². The second kappa shape index (κ2) is 6.06. The predicted octanol–water partition coefficient (Wildman–Crippen LogP) is 1.47. The molecule has 4 N–H and O–H groups in total. The maximum absolute atomic E-state index is 13.2. The van der Waals surface area contributed by atoms with Crippen molar-refractivity contribution in [1.29, 1.82) is 0 Å². The molecule has 0 radical (unpaired) electrons. The third-order valence-electron chi connectivity index (χ3n) is 4.25. The molecule has 1 saturated heterocycles. The number of benzene rings is 1. The molecule has 2 heterocycles. The van der Waals surface area contributed by atoms with Gasteiger partial charge < -0.3 is 20.8 Å². The number of nitrogens with two attached hydrogens (primary N) is 1. The number of hydrogen-bond donors (Lipinski definition) is 3. The van der Waals surface area contributed by atoms with Crippen LogP contribution in [0.1, 0.15) is 18.4 Å². The second-order valence-corrected chi connectivity index (χ2v) is 5.78. The average Bonchev–Trinajstić information content (AvgIpc) is 2.90. The highest BCUT2D eigenvalue weighted by Crippen LogP contribution is 2.20. The van der Waals surface area contributed by atoms with Crippen molar-refractivity contribution in [2.75, 3.05) is 19.8 Å². The van der Waals surface area contributed by atoms with Crippen LogP contribution in [-0.2, 0) is 16.0 Å². The molecule has 5 nitrogen and oxygen atoms in total. The van der Waals surface area contributed by atoms with Gasteiger partial charge in [-0.05, 0) is 43.0 Å². The van der Waals surface area contributed by atoms with E-state index in [4.69, 9.17) is 10.5 Å². The monoisotopic (exact) mass is 305 g/mol. The van der Waals surface area contributed by atoms with E-state index in [9.17, 15) is 9.18 Å². The van der Waals surface area contributed by atoms with E-state index in [1.54, 1.807) is 6.07 Å². The largest absolute Gasteiger partial charge is 0.381 e. The lowest BCUT2D eigenvalue weighted by Crippen LogP contribution is -2.57. The van der Waals surface area contributed by atoms with Gasteiger partial charge in [0.1, 0.15) is 5.82 Å². The van der Waals surface area contributed by atoms with Gasteiger partial charge in [0.25, 0.3) is 0 Å². The van der Waals surface area contributed by atoms with E-state index in [-0.39, 0.29) is 11.7 Å². The number of carbonyl (C=O) groups excluding carboxylic acids is 1. The molecule has 0 bridgehead atoms. The molecule has 6 heteroatoms. The number of aromatic nitrogens is 1. The lowest BCUT2D eigenvalue weighted by atomic mass is 9.90. The van der Waals surface area contributed by atoms with Crippen LogP contribution in [0.4, 0.5) is 4.39 Å². The number of hydrogen-bond acceptors (Lipinski definition) is 3. The normalized spacial score (nSPS) is 17.5. The van der Waals surface area contributed by atoms with E-state index in [1.165, 1.54) is 12.1 Å². The Morgan fingerprint density at radius 2 is 2.18 bits per heavy atom. The van der Waals surface area contributed by atoms with Crippen LogP contribution in [0.2, 0.25) is 0 Å². The van der Waals surface area contributed by atoms with Crippen molar-refractivity contribution in [3.05, 3.63) is 35.8 Å². The van der Waals surface area contributed by atoms with Crippen LogP contribution in [0, 0.1) is 5.82 Å². The zero-order valence-corrected chi connectivity index (χ0v) is 12.3. The van der Waals surface area contributed by atoms with E-state index in [0.717, 1.165) is 16.5 Å². The summed E-state index contributed by atoms with van der Waals surface area (Å²) in [5.74, 6) is -0.388. The zero-order valence-electron chi connectivity index (χ0n) is 12.3. The third-order valence-corrected chi connectivity index (χ3v) is 4.25. The molecule has 1 amide bonds. The number of H-pyrrole nitrogens is 1. The first-order chi connectivity index (χ1) is 10.6. The molecule has 1 aromatic carbocycles. The Morgan fingerprint density at radius 1 is 1.41 bits per heavy atom. The quantitative estimate of drug-likeness (QED) is 0.800. The standard InChI is InChI=1S/C16H20FN3O2/c17-12-1-2-13-11(10-20-14(13)9-12)3-6-19-15(21)16(18)4-7-22-8-5-16/h1-2,9-10,20H,3-8,18H2,(H,19,21). The van der Waals surface area contributed by atoms with Crippen LogP contribution in [0.3, 0.4) is 0 Å². The van der Waals surface area contributed by atoms with Crippen LogP contribution in [-0.4, -0.2) is 36.2 Å². The van der Waals surface area contributed by atoms with Gasteiger partial charge in [0.2, 0.25) is 5.91 Å². The van der Waals surface area contributed by atoms with Crippen LogP contribution >= 0.6 is 0 Å². The van der Waals surface area contributed by atoms with Crippen molar-refractivity contribution < 1.29 is 13.9 Å². The van der Waals surface area contributed by atoms with Gasteiger partial charge in [0, 0.05) is 36.9 Å². The number of fused-ring (bicyclic) bond motifs is 1. The van der Waals surface area contributed by atoms with Gasteiger partial charge in [-0.1, -0.05) is 0 Å². The lowest BCUT2D eigenvalue weighted by Gasteiger charge is -2.31. The van der Waals surface area contributed by atoms with Gasteiger partial charge in [-0.25, -0.2) is 4.39 Å². The fourth-order valence-electron chi connectivity index (χ4n) is 2.81. The summed E-state index contributed by atoms with van der Waals surface area (Å²) >= 11 is 0. The van der Waals surface area contributed by atoms with Crippen molar-refractivity contribution in [1.82, 2.24) is 10.3 Å². The number of aromatic amines is 1. The number of ether oxygens (including phenoxy) is 1. The predicted molar refractivity (Wildman–Crippen MR) is 81.9 cm³/mol. The first-order valence-electron chi connectivity index (χ1n) is 7.49. The van der Waals surface area contributed by atoms with Crippen LogP contribution in [0.25, 0.3) is 10.9 Å². The summed E-state index contributed by atoms with van der Waals surface area (Å²) in [5, 5.41) is 3.88. The average molecular weight is 305 g/mol. The summed E-state index contributed by atoms with van der Waals surface area (Å²) in [4.78, 5) is 15.3. The number of nitrogens with one attached hydrogen (secondary N) is 2. The van der Waals surface area contributed by atoms with Crippen molar-refractivity contribution in [3.8, 4) is 0 Å². The van der Waals surface area contributed by atoms with Crippen LogP contribution < -0.4 is 11.1 Å². The van der Waals surface area contributed by atoms with E-state index in [2.05, 4.69) is 10.3 Å². The molecule has 1 aromatic heterocycles. The van der Waals surface area contributed by atoms with E-state index >= 15 is 0 Å². The summed E-state index contributed by atoms with van der Waals surface area (Å²) < 4.78 is 18.4. The number of halogens is 1. The highest BCUT2D eigenvalue weighted by atomic mass is 19.1. The maximum atomic E-state index is 13.2. The number of amides is 1. The first-order valence-corrected chi connectivity index (χ1v) is 7.49. The Hall–Kier alpha value is -1.92. The van der Waals surface area contributed by atoms with Crippen molar-refractivity contribution in [2.45, 2.75) is 24.8 Å². The first kappa shape index (κ1) is 15.0. The molecule has 0 aliphatic carbocycles. The Bertz CT molecular complexity index is 677. The summed E-state index contributed by atoms with van der Waals surface area (Å²) in [7, 11) is 0. The SMILES string of the molecule is NC1(C(=O)NCCc2c[nH]c3cc(F)ccc23)CCOCC1. The summed E-state index contributed by atoms with van der Waals surface area (Å²) in [5.41, 5.74) is 7.13. The van der Waals surface area contributed by atoms with E-state index < -0.39 is 5.54 Å². The minimum absolute atomic E-state index is 0.123. The molecule has 0 spiro atoms. The number of carbonyl (C=O) groups is 1. The third kappa shape index (κ3) is 2.98. The highest BCUT2D eigenvalue weighted by molar-refractivity contribution is 5.86. The van der Waals surface area contributed by atoms with Crippen LogP contribution in [0.5, 0.6) is 0 Å².